The Kier molecular flexibility index (Phi) is 73.5. The summed E-state index contributed by atoms with van der Waals surface area (Å²) >= 11 is 0. The third kappa shape index (κ3) is 81.6. The van der Waals surface area contributed by atoms with E-state index in [1.54, 1.807) is 0 Å². The molecule has 0 spiro atoms. The zero-order chi connectivity index (χ0) is 41.7. The largest absolute Gasteiger partial charge is 3.00 e. The first kappa shape index (κ1) is 64.7. The molecular weight excluding hydrogens is 773 g/mol. The van der Waals surface area contributed by atoms with Gasteiger partial charge in [-0.1, -0.05) is 259 Å². The van der Waals surface area contributed by atoms with Gasteiger partial charge in [-0.2, -0.15) is 0 Å². The van der Waals surface area contributed by atoms with Gasteiger partial charge < -0.3 is 29.7 Å². The minimum atomic E-state index is -0.909. The SMILES string of the molecule is CCCCCCCCCCCC(=O)[O-].CCCCCCCCCCCC(=O)[O-].CCCCCCCCCCCC(=O)[O-].CCCCCCCCCCCCC.[Y+3]. The summed E-state index contributed by atoms with van der Waals surface area (Å²) in [7, 11) is 0. The first-order chi connectivity index (χ1) is 26.7. The summed E-state index contributed by atoms with van der Waals surface area (Å²) in [6, 6.07) is 0. The molecule has 0 aromatic rings. The summed E-state index contributed by atoms with van der Waals surface area (Å²) in [5, 5.41) is 30.3. The van der Waals surface area contributed by atoms with Gasteiger partial charge in [-0.15, -0.1) is 0 Å². The molecule has 6 nitrogen and oxygen atoms in total. The maximum atomic E-state index is 10.1. The molecule has 0 saturated carbocycles. The summed E-state index contributed by atoms with van der Waals surface area (Å²) in [5.74, 6) is -2.73. The average Bonchev–Trinajstić information content (AvgIpc) is 3.16. The number of hydrogen-bond donors (Lipinski definition) is 0. The minimum Gasteiger partial charge on any atom is -0.550 e. The smallest absolute Gasteiger partial charge is 0.550 e. The van der Waals surface area contributed by atoms with Crippen LogP contribution in [0, 0.1) is 0 Å². The molecule has 0 fully saturated rings. The van der Waals surface area contributed by atoms with Crippen molar-refractivity contribution in [3.8, 4) is 0 Å². The zero-order valence-corrected chi connectivity index (χ0v) is 41.4. The van der Waals surface area contributed by atoms with E-state index in [9.17, 15) is 29.7 Å². The van der Waals surface area contributed by atoms with Crippen molar-refractivity contribution >= 4 is 17.9 Å². The monoisotopic (exact) mass is 871 g/mol. The summed E-state index contributed by atoms with van der Waals surface area (Å²) < 4.78 is 0. The van der Waals surface area contributed by atoms with Crippen LogP contribution in [0.1, 0.15) is 298 Å². The van der Waals surface area contributed by atoms with Gasteiger partial charge in [0.2, 0.25) is 0 Å². The summed E-state index contributed by atoms with van der Waals surface area (Å²) in [5.41, 5.74) is 0. The van der Waals surface area contributed by atoms with Crippen molar-refractivity contribution in [2.75, 3.05) is 0 Å². The second-order valence-electron chi connectivity index (χ2n) is 16.0. The zero-order valence-electron chi connectivity index (χ0n) is 38.5. The molecule has 0 rings (SSSR count). The Morgan fingerprint density at radius 1 is 0.232 bits per heavy atom. The fourth-order valence-electron chi connectivity index (χ4n) is 6.48. The Morgan fingerprint density at radius 3 is 0.446 bits per heavy atom. The van der Waals surface area contributed by atoms with E-state index in [1.807, 2.05) is 0 Å². The predicted octanol–water partition coefficient (Wildman–Crippen LogP) is 13.3. The topological polar surface area (TPSA) is 120 Å². The Bertz CT molecular complexity index is 631. The molecule has 0 aliphatic rings. The minimum absolute atomic E-state index is 0. The van der Waals surface area contributed by atoms with Crippen molar-refractivity contribution < 1.29 is 62.4 Å². The maximum absolute atomic E-state index is 10.1. The Hall–Kier alpha value is -0.486. The normalized spacial score (nSPS) is 10.2. The van der Waals surface area contributed by atoms with E-state index >= 15 is 0 Å². The van der Waals surface area contributed by atoms with Crippen LogP contribution in [-0.2, 0) is 47.1 Å². The molecule has 0 aromatic carbocycles. The van der Waals surface area contributed by atoms with Gasteiger partial charge in [0.15, 0.2) is 0 Å². The van der Waals surface area contributed by atoms with Crippen molar-refractivity contribution in [1.82, 2.24) is 0 Å². The molecular formula is C49H97O6Y. The van der Waals surface area contributed by atoms with Gasteiger partial charge >= 0.3 is 32.7 Å². The molecule has 332 valence electrons. The second-order valence-corrected chi connectivity index (χ2v) is 16.0. The van der Waals surface area contributed by atoms with Crippen LogP contribution >= 0.6 is 0 Å². The quantitative estimate of drug-likeness (QED) is 0.0566. The van der Waals surface area contributed by atoms with Crippen LogP contribution in [0.2, 0.25) is 0 Å². The van der Waals surface area contributed by atoms with Gasteiger partial charge in [0.25, 0.3) is 0 Å². The summed E-state index contributed by atoms with van der Waals surface area (Å²) in [6.45, 7) is 11.2. The Balaban J connectivity index is -0.000000205. The molecule has 0 atom stereocenters. The van der Waals surface area contributed by atoms with E-state index in [2.05, 4.69) is 34.6 Å². The van der Waals surface area contributed by atoms with Crippen LogP contribution in [0.15, 0.2) is 0 Å². The molecule has 0 saturated heterocycles. The van der Waals surface area contributed by atoms with Crippen LogP contribution in [0.4, 0.5) is 0 Å². The average molecular weight is 871 g/mol. The molecule has 0 bridgehead atoms. The van der Waals surface area contributed by atoms with Crippen molar-refractivity contribution in [2.24, 2.45) is 0 Å². The van der Waals surface area contributed by atoms with Gasteiger partial charge in [0.05, 0.1) is 0 Å². The van der Waals surface area contributed by atoms with Gasteiger partial charge in [0, 0.05) is 17.9 Å². The summed E-state index contributed by atoms with van der Waals surface area (Å²) in [6.07, 6.45) is 49.4. The molecule has 0 aliphatic heterocycles. The second kappa shape index (κ2) is 63.7. The standard InChI is InChI=1S/C13H28.3C12H24O2.Y/c1-3-5-7-9-11-13-12-10-8-6-4-2;3*1-2-3-4-5-6-7-8-9-10-11-12(13)14;/h3-13H2,1-2H3;3*2-11H2,1H3,(H,13,14);/q;;;;+3/p-3. The molecule has 0 aliphatic carbocycles. The predicted molar refractivity (Wildman–Crippen MR) is 233 cm³/mol. The van der Waals surface area contributed by atoms with Gasteiger partial charge in [0.1, 0.15) is 0 Å². The first-order valence-electron chi connectivity index (χ1n) is 24.3. The number of hydrogen-bond acceptors (Lipinski definition) is 6. The van der Waals surface area contributed by atoms with Crippen LogP contribution in [0.5, 0.6) is 0 Å². The number of carboxylic acid groups (broad SMARTS) is 3. The number of carboxylic acids is 3. The first-order valence-corrected chi connectivity index (χ1v) is 24.3. The molecule has 0 amide bonds. The molecule has 0 aromatic heterocycles. The number of unbranched alkanes of at least 4 members (excludes halogenated alkanes) is 34. The van der Waals surface area contributed by atoms with Crippen molar-refractivity contribution in [3.63, 3.8) is 0 Å². The number of rotatable bonds is 40. The molecule has 56 heavy (non-hydrogen) atoms. The third-order valence-electron chi connectivity index (χ3n) is 10.2. The third-order valence-corrected chi connectivity index (χ3v) is 10.2. The number of aliphatic carboxylic acids is 3. The fourth-order valence-corrected chi connectivity index (χ4v) is 6.48. The van der Waals surface area contributed by atoms with Crippen molar-refractivity contribution in [3.05, 3.63) is 0 Å². The van der Waals surface area contributed by atoms with Crippen LogP contribution < -0.4 is 15.3 Å². The maximum Gasteiger partial charge on any atom is 3.00 e. The van der Waals surface area contributed by atoms with Crippen LogP contribution in [0.25, 0.3) is 0 Å². The van der Waals surface area contributed by atoms with Gasteiger partial charge in [-0.05, 0) is 38.5 Å². The number of carbonyl (C=O) groups is 3. The van der Waals surface area contributed by atoms with E-state index < -0.39 is 17.9 Å². The summed E-state index contributed by atoms with van der Waals surface area (Å²) in [4.78, 5) is 30.3. The van der Waals surface area contributed by atoms with Crippen molar-refractivity contribution in [1.29, 1.82) is 0 Å². The van der Waals surface area contributed by atoms with Gasteiger partial charge in [-0.25, -0.2) is 0 Å². The molecule has 0 N–H and O–H groups in total. The van der Waals surface area contributed by atoms with E-state index in [0.717, 1.165) is 38.5 Å². The van der Waals surface area contributed by atoms with E-state index in [-0.39, 0.29) is 52.0 Å². The number of carbonyl (C=O) groups excluding carboxylic acids is 3. The van der Waals surface area contributed by atoms with E-state index in [0.29, 0.717) is 0 Å². The molecule has 7 heteroatoms. The Morgan fingerprint density at radius 2 is 0.339 bits per heavy atom. The molecule has 0 radical (unpaired) electrons. The van der Waals surface area contributed by atoms with Gasteiger partial charge in [-0.3, -0.25) is 0 Å². The van der Waals surface area contributed by atoms with Crippen molar-refractivity contribution in [2.45, 2.75) is 298 Å². The Labute approximate surface area is 376 Å². The van der Waals surface area contributed by atoms with E-state index in [4.69, 9.17) is 0 Å². The molecule has 0 unspecified atom stereocenters. The molecule has 0 heterocycles. The van der Waals surface area contributed by atoms with Crippen LogP contribution in [-0.4, -0.2) is 17.9 Å². The van der Waals surface area contributed by atoms with Crippen LogP contribution in [0.3, 0.4) is 0 Å². The fraction of sp³-hybridized carbons (Fsp3) is 0.939. The van der Waals surface area contributed by atoms with E-state index in [1.165, 1.54) is 205 Å².